The molecule has 1 aromatic rings. The largest absolute Gasteiger partial charge is 0.369 e. The second-order valence-corrected chi connectivity index (χ2v) is 4.82. The van der Waals surface area contributed by atoms with E-state index in [1.165, 1.54) is 0 Å². The summed E-state index contributed by atoms with van der Waals surface area (Å²) in [5.74, 6) is 5.77. The Hall–Kier alpha value is -1.83. The van der Waals surface area contributed by atoms with Crippen molar-refractivity contribution in [2.75, 3.05) is 20.2 Å². The van der Waals surface area contributed by atoms with Gasteiger partial charge in [0.2, 0.25) is 5.91 Å². The zero-order chi connectivity index (χ0) is 15.0. The first-order valence-corrected chi connectivity index (χ1v) is 6.66. The summed E-state index contributed by atoms with van der Waals surface area (Å²) >= 11 is 0. The van der Waals surface area contributed by atoms with Crippen LogP contribution in [0.3, 0.4) is 0 Å². The van der Waals surface area contributed by atoms with E-state index < -0.39 is 0 Å². The first-order chi connectivity index (χ1) is 9.52. The van der Waals surface area contributed by atoms with E-state index >= 15 is 0 Å². The van der Waals surface area contributed by atoms with Gasteiger partial charge in [0.1, 0.15) is 6.61 Å². The molecule has 4 heteroatoms. The van der Waals surface area contributed by atoms with Crippen LogP contribution in [0, 0.1) is 11.8 Å². The van der Waals surface area contributed by atoms with Crippen molar-refractivity contribution in [2.24, 2.45) is 5.73 Å². The zero-order valence-electron chi connectivity index (χ0n) is 12.3. The normalized spacial score (nSPS) is 10.1. The average Bonchev–Trinajstić information content (AvgIpc) is 2.42. The minimum Gasteiger partial charge on any atom is -0.369 e. The average molecular weight is 274 g/mol. The van der Waals surface area contributed by atoms with Crippen molar-refractivity contribution in [1.29, 1.82) is 0 Å². The molecule has 2 N–H and O–H groups in total. The molecule has 0 unspecified atom stereocenters. The van der Waals surface area contributed by atoms with Crippen molar-refractivity contribution in [3.63, 3.8) is 0 Å². The van der Waals surface area contributed by atoms with Crippen LogP contribution < -0.4 is 5.73 Å². The van der Waals surface area contributed by atoms with Crippen LogP contribution >= 0.6 is 0 Å². The molecule has 1 aromatic carbocycles. The molecule has 0 spiro atoms. The lowest BCUT2D eigenvalue weighted by atomic mass is 10.1. The molecule has 4 nitrogen and oxygen atoms in total. The lowest BCUT2D eigenvalue weighted by molar-refractivity contribution is -0.136. The van der Waals surface area contributed by atoms with Gasteiger partial charge in [0, 0.05) is 19.2 Å². The Bertz CT molecular complexity index is 501. The SMILES string of the molecule is CC(C)OCC(=O)N(C)Cc1cccc(C#CCN)c1. The van der Waals surface area contributed by atoms with Crippen LogP contribution in [-0.4, -0.2) is 37.1 Å². The number of benzene rings is 1. The predicted octanol–water partition coefficient (Wildman–Crippen LogP) is 1.38. The summed E-state index contributed by atoms with van der Waals surface area (Å²) < 4.78 is 5.31. The van der Waals surface area contributed by atoms with Crippen LogP contribution in [0.4, 0.5) is 0 Å². The van der Waals surface area contributed by atoms with E-state index in [1.807, 2.05) is 38.1 Å². The van der Waals surface area contributed by atoms with Gasteiger partial charge in [0.25, 0.3) is 0 Å². The Morgan fingerprint density at radius 1 is 1.45 bits per heavy atom. The highest BCUT2D eigenvalue weighted by molar-refractivity contribution is 5.77. The topological polar surface area (TPSA) is 55.6 Å². The highest BCUT2D eigenvalue weighted by atomic mass is 16.5. The summed E-state index contributed by atoms with van der Waals surface area (Å²) in [4.78, 5) is 13.5. The Morgan fingerprint density at radius 2 is 2.20 bits per heavy atom. The minimum absolute atomic E-state index is 0.0304. The fraction of sp³-hybridized carbons (Fsp3) is 0.438. The van der Waals surface area contributed by atoms with Gasteiger partial charge >= 0.3 is 0 Å². The molecule has 0 saturated carbocycles. The molecule has 0 atom stereocenters. The standard InChI is InChI=1S/C16H22N2O2/c1-13(2)20-12-16(19)18(3)11-15-7-4-6-14(10-15)8-5-9-17/h4,6-7,10,13H,9,11-12,17H2,1-3H3. The van der Waals surface area contributed by atoms with Crippen molar-refractivity contribution in [2.45, 2.75) is 26.5 Å². The van der Waals surface area contributed by atoms with Crippen LogP contribution in [0.1, 0.15) is 25.0 Å². The quantitative estimate of drug-likeness (QED) is 0.825. The van der Waals surface area contributed by atoms with Crippen molar-refractivity contribution in [3.05, 3.63) is 35.4 Å². The number of likely N-dealkylation sites (N-methyl/N-ethyl adjacent to an activating group) is 1. The monoisotopic (exact) mass is 274 g/mol. The van der Waals surface area contributed by atoms with E-state index in [0.717, 1.165) is 11.1 Å². The number of amides is 1. The molecule has 0 aromatic heterocycles. The third-order valence-electron chi connectivity index (χ3n) is 2.65. The van der Waals surface area contributed by atoms with E-state index in [9.17, 15) is 4.79 Å². The van der Waals surface area contributed by atoms with Gasteiger partial charge in [0.05, 0.1) is 12.6 Å². The van der Waals surface area contributed by atoms with Crippen LogP contribution in [0.15, 0.2) is 24.3 Å². The number of carbonyl (C=O) groups excluding carboxylic acids is 1. The van der Waals surface area contributed by atoms with Crippen molar-refractivity contribution in [3.8, 4) is 11.8 Å². The summed E-state index contributed by atoms with van der Waals surface area (Å²) in [6.45, 7) is 4.81. The van der Waals surface area contributed by atoms with E-state index in [1.54, 1.807) is 11.9 Å². The van der Waals surface area contributed by atoms with E-state index in [-0.39, 0.29) is 18.6 Å². The van der Waals surface area contributed by atoms with E-state index in [0.29, 0.717) is 13.1 Å². The molecule has 0 aliphatic carbocycles. The fourth-order valence-corrected chi connectivity index (χ4v) is 1.61. The van der Waals surface area contributed by atoms with E-state index in [4.69, 9.17) is 10.5 Å². The summed E-state index contributed by atoms with van der Waals surface area (Å²) in [6, 6.07) is 7.80. The van der Waals surface area contributed by atoms with Crippen LogP contribution in [0.25, 0.3) is 0 Å². The summed E-state index contributed by atoms with van der Waals surface area (Å²) in [6.07, 6.45) is 0.0576. The summed E-state index contributed by atoms with van der Waals surface area (Å²) in [5, 5.41) is 0. The second kappa shape index (κ2) is 8.36. The first kappa shape index (κ1) is 16.2. The van der Waals surface area contributed by atoms with Gasteiger partial charge in [-0.1, -0.05) is 24.0 Å². The first-order valence-electron chi connectivity index (χ1n) is 6.66. The third kappa shape index (κ3) is 5.87. The van der Waals surface area contributed by atoms with Gasteiger partial charge in [-0.3, -0.25) is 4.79 Å². The maximum Gasteiger partial charge on any atom is 0.248 e. The third-order valence-corrected chi connectivity index (χ3v) is 2.65. The molecule has 20 heavy (non-hydrogen) atoms. The summed E-state index contributed by atoms with van der Waals surface area (Å²) in [7, 11) is 1.77. The number of rotatable bonds is 5. The fourth-order valence-electron chi connectivity index (χ4n) is 1.61. The van der Waals surface area contributed by atoms with Gasteiger partial charge in [-0.25, -0.2) is 0 Å². The molecular formula is C16H22N2O2. The highest BCUT2D eigenvalue weighted by Crippen LogP contribution is 2.07. The number of ether oxygens (including phenoxy) is 1. The smallest absolute Gasteiger partial charge is 0.248 e. The maximum atomic E-state index is 11.9. The highest BCUT2D eigenvalue weighted by Gasteiger charge is 2.10. The Labute approximate surface area is 120 Å². The molecule has 0 fully saturated rings. The van der Waals surface area contributed by atoms with Crippen LogP contribution in [0.5, 0.6) is 0 Å². The maximum absolute atomic E-state index is 11.9. The predicted molar refractivity (Wildman–Crippen MR) is 79.9 cm³/mol. The molecule has 108 valence electrons. The van der Waals surface area contributed by atoms with Gasteiger partial charge < -0.3 is 15.4 Å². The molecular weight excluding hydrogens is 252 g/mol. The molecule has 0 radical (unpaired) electrons. The Kier molecular flexibility index (Phi) is 6.78. The molecule has 1 amide bonds. The zero-order valence-corrected chi connectivity index (χ0v) is 12.3. The van der Waals surface area contributed by atoms with Gasteiger partial charge in [-0.2, -0.15) is 0 Å². The number of hydrogen-bond acceptors (Lipinski definition) is 3. The molecule has 0 saturated heterocycles. The molecule has 0 heterocycles. The molecule has 1 rings (SSSR count). The molecule has 0 aliphatic rings. The van der Waals surface area contributed by atoms with Crippen molar-refractivity contribution in [1.82, 2.24) is 4.90 Å². The van der Waals surface area contributed by atoms with Crippen LogP contribution in [-0.2, 0) is 16.1 Å². The Morgan fingerprint density at radius 3 is 2.85 bits per heavy atom. The number of nitrogens with two attached hydrogens (primary N) is 1. The number of carbonyl (C=O) groups is 1. The minimum atomic E-state index is -0.0304. The van der Waals surface area contributed by atoms with Crippen molar-refractivity contribution >= 4 is 5.91 Å². The summed E-state index contributed by atoms with van der Waals surface area (Å²) in [5.41, 5.74) is 7.30. The van der Waals surface area contributed by atoms with E-state index in [2.05, 4.69) is 11.8 Å². The van der Waals surface area contributed by atoms with Crippen molar-refractivity contribution < 1.29 is 9.53 Å². The van der Waals surface area contributed by atoms with Gasteiger partial charge in [-0.15, -0.1) is 0 Å². The number of hydrogen-bond donors (Lipinski definition) is 1. The number of nitrogens with zero attached hydrogens (tertiary/aromatic N) is 1. The molecule has 0 bridgehead atoms. The Balaban J connectivity index is 2.61. The van der Waals surface area contributed by atoms with Gasteiger partial charge in [0.15, 0.2) is 0 Å². The van der Waals surface area contributed by atoms with Gasteiger partial charge in [-0.05, 0) is 31.5 Å². The second-order valence-electron chi connectivity index (χ2n) is 4.82. The van der Waals surface area contributed by atoms with Crippen LogP contribution in [0.2, 0.25) is 0 Å². The lowest BCUT2D eigenvalue weighted by Gasteiger charge is -2.18. The lowest BCUT2D eigenvalue weighted by Crippen LogP contribution is -2.30. The molecule has 0 aliphatic heterocycles.